The molecule has 1 amide bonds. The Kier molecular flexibility index (Phi) is 4.60. The van der Waals surface area contributed by atoms with E-state index >= 15 is 0 Å². The molecule has 3 unspecified atom stereocenters. The molecule has 0 aromatic carbocycles. The lowest BCUT2D eigenvalue weighted by atomic mass is 9.85. The Hall–Kier alpha value is -1.08. The van der Waals surface area contributed by atoms with Crippen LogP contribution in [0.4, 0.5) is 0 Å². The smallest absolute Gasteiger partial charge is 0.239 e. The molecule has 18 heavy (non-hydrogen) atoms. The summed E-state index contributed by atoms with van der Waals surface area (Å²) < 4.78 is 0. The Morgan fingerprint density at radius 1 is 1.28 bits per heavy atom. The molecule has 2 rings (SSSR count). The quantitative estimate of drug-likeness (QED) is 0.827. The van der Waals surface area contributed by atoms with E-state index in [-0.39, 0.29) is 23.9 Å². The van der Waals surface area contributed by atoms with Gasteiger partial charge in [0.2, 0.25) is 5.91 Å². The molecular formula is C14H23N3O. The van der Waals surface area contributed by atoms with Crippen LogP contribution in [0.5, 0.6) is 0 Å². The van der Waals surface area contributed by atoms with Crippen molar-refractivity contribution in [2.24, 2.45) is 5.92 Å². The number of likely N-dealkylation sites (tertiary alicyclic amines) is 1. The average Bonchev–Trinajstić information content (AvgIpc) is 2.92. The molecule has 1 saturated carbocycles. The Morgan fingerprint density at radius 3 is 2.61 bits per heavy atom. The number of carbonyl (C=O) groups excluding carboxylic acids is 1. The molecule has 0 radical (unpaired) electrons. The third-order valence-corrected chi connectivity index (χ3v) is 4.18. The minimum Gasteiger partial charge on any atom is -0.341 e. The Bertz CT molecular complexity index is 330. The van der Waals surface area contributed by atoms with Crippen molar-refractivity contribution in [3.05, 3.63) is 0 Å². The third kappa shape index (κ3) is 3.02. The van der Waals surface area contributed by atoms with Gasteiger partial charge in [0.15, 0.2) is 0 Å². The predicted molar refractivity (Wildman–Crippen MR) is 69.8 cm³/mol. The van der Waals surface area contributed by atoms with E-state index in [9.17, 15) is 4.79 Å². The van der Waals surface area contributed by atoms with Crippen LogP contribution in [-0.4, -0.2) is 36.0 Å². The number of nitrogens with one attached hydrogen (secondary N) is 1. The van der Waals surface area contributed by atoms with E-state index in [1.165, 1.54) is 6.42 Å². The lowest BCUT2D eigenvalue weighted by Crippen LogP contribution is -2.50. The summed E-state index contributed by atoms with van der Waals surface area (Å²) in [4.78, 5) is 14.1. The summed E-state index contributed by atoms with van der Waals surface area (Å²) in [5.41, 5.74) is 0. The molecule has 0 spiro atoms. The third-order valence-electron chi connectivity index (χ3n) is 4.18. The number of amides is 1. The van der Waals surface area contributed by atoms with E-state index < -0.39 is 0 Å². The first-order valence-electron chi connectivity index (χ1n) is 7.17. The molecule has 100 valence electrons. The van der Waals surface area contributed by atoms with Crippen LogP contribution < -0.4 is 5.32 Å². The fourth-order valence-electron chi connectivity index (χ4n) is 3.09. The Balaban J connectivity index is 1.87. The monoisotopic (exact) mass is 249 g/mol. The minimum atomic E-state index is -0.151. The first-order chi connectivity index (χ1) is 8.72. The first-order valence-corrected chi connectivity index (χ1v) is 7.17. The van der Waals surface area contributed by atoms with Crippen molar-refractivity contribution < 1.29 is 4.79 Å². The highest BCUT2D eigenvalue weighted by Gasteiger charge is 2.29. The maximum absolute atomic E-state index is 12.2. The second-order valence-electron chi connectivity index (χ2n) is 5.55. The van der Waals surface area contributed by atoms with E-state index in [0.717, 1.165) is 45.2 Å². The van der Waals surface area contributed by atoms with Crippen molar-refractivity contribution in [1.29, 1.82) is 5.26 Å². The number of hydrogen-bond donors (Lipinski definition) is 1. The average molecular weight is 249 g/mol. The first kappa shape index (κ1) is 13.4. The number of nitrogens with zero attached hydrogens (tertiary/aromatic N) is 2. The van der Waals surface area contributed by atoms with Gasteiger partial charge in [0.05, 0.1) is 18.0 Å². The minimum absolute atomic E-state index is 0.0765. The fraction of sp³-hybridized carbons (Fsp3) is 0.857. The molecule has 1 aliphatic carbocycles. The molecular weight excluding hydrogens is 226 g/mol. The summed E-state index contributed by atoms with van der Waals surface area (Å²) in [5, 5.41) is 12.5. The predicted octanol–water partition coefficient (Wildman–Crippen LogP) is 1.67. The molecule has 4 heteroatoms. The van der Waals surface area contributed by atoms with Crippen LogP contribution in [0.15, 0.2) is 0 Å². The molecule has 1 aliphatic heterocycles. The van der Waals surface area contributed by atoms with Crippen LogP contribution in [-0.2, 0) is 4.79 Å². The molecule has 1 N–H and O–H groups in total. The zero-order valence-corrected chi connectivity index (χ0v) is 11.2. The molecule has 2 fully saturated rings. The lowest BCUT2D eigenvalue weighted by Gasteiger charge is -2.31. The summed E-state index contributed by atoms with van der Waals surface area (Å²) >= 11 is 0. The standard InChI is InChI=1S/C14H23N3O/c1-11(14(18)17-8-4-5-9-17)16-13-7-3-2-6-12(13)10-15/h11-13,16H,2-9H2,1H3. The summed E-state index contributed by atoms with van der Waals surface area (Å²) in [6.45, 7) is 3.73. The van der Waals surface area contributed by atoms with Crippen LogP contribution in [0.25, 0.3) is 0 Å². The van der Waals surface area contributed by atoms with Gasteiger partial charge in [-0.3, -0.25) is 4.79 Å². The van der Waals surface area contributed by atoms with Gasteiger partial charge >= 0.3 is 0 Å². The van der Waals surface area contributed by atoms with Gasteiger partial charge in [-0.2, -0.15) is 5.26 Å². The Morgan fingerprint density at radius 2 is 1.94 bits per heavy atom. The summed E-state index contributed by atoms with van der Waals surface area (Å²) in [5.74, 6) is 0.280. The summed E-state index contributed by atoms with van der Waals surface area (Å²) in [6, 6.07) is 2.43. The van der Waals surface area contributed by atoms with Crippen LogP contribution in [0.2, 0.25) is 0 Å². The van der Waals surface area contributed by atoms with E-state index in [1.807, 2.05) is 11.8 Å². The molecule has 1 heterocycles. The van der Waals surface area contributed by atoms with Crippen molar-refractivity contribution in [3.8, 4) is 6.07 Å². The molecule has 0 aromatic heterocycles. The SMILES string of the molecule is CC(NC1CCCCC1C#N)C(=O)N1CCCC1. The van der Waals surface area contributed by atoms with E-state index in [2.05, 4.69) is 11.4 Å². The maximum Gasteiger partial charge on any atom is 0.239 e. The number of nitriles is 1. The van der Waals surface area contributed by atoms with Crippen molar-refractivity contribution >= 4 is 5.91 Å². The summed E-state index contributed by atoms with van der Waals surface area (Å²) in [6.07, 6.45) is 6.56. The highest BCUT2D eigenvalue weighted by molar-refractivity contribution is 5.81. The van der Waals surface area contributed by atoms with Gasteiger partial charge in [0.25, 0.3) is 0 Å². The molecule has 3 atom stereocenters. The number of hydrogen-bond acceptors (Lipinski definition) is 3. The van der Waals surface area contributed by atoms with E-state index in [0.29, 0.717) is 0 Å². The molecule has 1 saturated heterocycles. The second kappa shape index (κ2) is 6.19. The lowest BCUT2D eigenvalue weighted by molar-refractivity contribution is -0.132. The summed E-state index contributed by atoms with van der Waals surface area (Å²) in [7, 11) is 0. The van der Waals surface area contributed by atoms with E-state index in [4.69, 9.17) is 5.26 Å². The van der Waals surface area contributed by atoms with Gasteiger partial charge in [-0.15, -0.1) is 0 Å². The molecule has 0 aromatic rings. The van der Waals surface area contributed by atoms with Crippen molar-refractivity contribution in [3.63, 3.8) is 0 Å². The van der Waals surface area contributed by atoms with Gasteiger partial charge in [-0.1, -0.05) is 12.8 Å². The highest BCUT2D eigenvalue weighted by atomic mass is 16.2. The van der Waals surface area contributed by atoms with Gasteiger partial charge in [0.1, 0.15) is 0 Å². The maximum atomic E-state index is 12.2. The second-order valence-corrected chi connectivity index (χ2v) is 5.55. The van der Waals surface area contributed by atoms with E-state index in [1.54, 1.807) is 0 Å². The number of rotatable bonds is 3. The molecule has 0 bridgehead atoms. The fourth-order valence-corrected chi connectivity index (χ4v) is 3.09. The van der Waals surface area contributed by atoms with Gasteiger partial charge < -0.3 is 10.2 Å². The van der Waals surface area contributed by atoms with Crippen molar-refractivity contribution in [1.82, 2.24) is 10.2 Å². The van der Waals surface area contributed by atoms with Gasteiger partial charge in [0, 0.05) is 19.1 Å². The normalized spacial score (nSPS) is 29.9. The topological polar surface area (TPSA) is 56.1 Å². The van der Waals surface area contributed by atoms with Crippen molar-refractivity contribution in [2.45, 2.75) is 57.5 Å². The number of carbonyl (C=O) groups is 1. The van der Waals surface area contributed by atoms with Gasteiger partial charge in [-0.25, -0.2) is 0 Å². The van der Waals surface area contributed by atoms with Crippen LogP contribution in [0, 0.1) is 17.2 Å². The van der Waals surface area contributed by atoms with Crippen LogP contribution in [0.3, 0.4) is 0 Å². The Labute approximate surface area is 109 Å². The van der Waals surface area contributed by atoms with Gasteiger partial charge in [-0.05, 0) is 32.6 Å². The molecule has 4 nitrogen and oxygen atoms in total. The highest BCUT2D eigenvalue weighted by Crippen LogP contribution is 2.24. The largest absolute Gasteiger partial charge is 0.341 e. The zero-order chi connectivity index (χ0) is 13.0. The molecule has 2 aliphatic rings. The van der Waals surface area contributed by atoms with Crippen LogP contribution in [0.1, 0.15) is 45.4 Å². The zero-order valence-electron chi connectivity index (χ0n) is 11.2. The van der Waals surface area contributed by atoms with Crippen LogP contribution >= 0.6 is 0 Å². The van der Waals surface area contributed by atoms with Crippen molar-refractivity contribution in [2.75, 3.05) is 13.1 Å².